The summed E-state index contributed by atoms with van der Waals surface area (Å²) in [7, 11) is 0. The molecule has 0 bridgehead atoms. The third kappa shape index (κ3) is 3.87. The molecule has 0 spiro atoms. The smallest absolute Gasteiger partial charge is 0.0591 e. The molecular formula is C19H24ClN. The lowest BCUT2D eigenvalue weighted by Gasteiger charge is -2.21. The highest BCUT2D eigenvalue weighted by atomic mass is 35.5. The van der Waals surface area contributed by atoms with E-state index >= 15 is 0 Å². The molecule has 2 aromatic rings. The van der Waals surface area contributed by atoms with Gasteiger partial charge in [-0.15, -0.1) is 0 Å². The van der Waals surface area contributed by atoms with Gasteiger partial charge in [-0.05, 0) is 42.1 Å². The maximum Gasteiger partial charge on any atom is 0.0591 e. The fraction of sp³-hybridized carbons (Fsp3) is 0.368. The van der Waals surface area contributed by atoms with Gasteiger partial charge in [0.2, 0.25) is 0 Å². The van der Waals surface area contributed by atoms with Gasteiger partial charge in [0.25, 0.3) is 0 Å². The molecule has 0 saturated carbocycles. The van der Waals surface area contributed by atoms with Crippen LogP contribution in [0.3, 0.4) is 0 Å². The monoisotopic (exact) mass is 301 g/mol. The zero-order chi connectivity index (χ0) is 15.2. The summed E-state index contributed by atoms with van der Waals surface area (Å²) in [5, 5.41) is 4.43. The van der Waals surface area contributed by atoms with E-state index in [0.29, 0.717) is 0 Å². The molecule has 1 unspecified atom stereocenters. The molecule has 2 heteroatoms. The summed E-state index contributed by atoms with van der Waals surface area (Å²) in [5.74, 6) is 0. The van der Waals surface area contributed by atoms with Crippen LogP contribution in [0.5, 0.6) is 0 Å². The predicted molar refractivity (Wildman–Crippen MR) is 92.1 cm³/mol. The van der Waals surface area contributed by atoms with E-state index in [0.717, 1.165) is 29.1 Å². The van der Waals surface area contributed by atoms with E-state index in [4.69, 9.17) is 11.6 Å². The minimum absolute atomic E-state index is 0.152. The zero-order valence-electron chi connectivity index (χ0n) is 13.1. The molecule has 0 aliphatic carbocycles. The van der Waals surface area contributed by atoms with Crippen LogP contribution in [0.1, 0.15) is 48.6 Å². The molecule has 0 radical (unpaired) electrons. The highest BCUT2D eigenvalue weighted by Gasteiger charge is 2.17. The number of rotatable bonds is 6. The van der Waals surface area contributed by atoms with Crippen molar-refractivity contribution in [3.05, 3.63) is 69.7 Å². The van der Waals surface area contributed by atoms with Crippen molar-refractivity contribution in [2.45, 2.75) is 39.7 Å². The summed E-state index contributed by atoms with van der Waals surface area (Å²) >= 11 is 6.53. The first-order valence-corrected chi connectivity index (χ1v) is 8.12. The second-order valence-corrected chi connectivity index (χ2v) is 5.84. The molecule has 21 heavy (non-hydrogen) atoms. The Kier molecular flexibility index (Phi) is 5.84. The van der Waals surface area contributed by atoms with Crippen LogP contribution in [0.2, 0.25) is 5.02 Å². The molecule has 0 aliphatic heterocycles. The minimum Gasteiger partial charge on any atom is -0.306 e. The first-order valence-electron chi connectivity index (χ1n) is 7.74. The van der Waals surface area contributed by atoms with Crippen molar-refractivity contribution >= 4 is 11.6 Å². The third-order valence-corrected chi connectivity index (χ3v) is 4.28. The minimum atomic E-state index is 0.152. The molecule has 0 aromatic heterocycles. The van der Waals surface area contributed by atoms with Gasteiger partial charge >= 0.3 is 0 Å². The summed E-state index contributed by atoms with van der Waals surface area (Å²) in [6.45, 7) is 7.31. The molecule has 0 saturated heterocycles. The van der Waals surface area contributed by atoms with Gasteiger partial charge in [-0.25, -0.2) is 0 Å². The molecule has 1 atom stereocenters. The average molecular weight is 302 g/mol. The van der Waals surface area contributed by atoms with Crippen molar-refractivity contribution < 1.29 is 0 Å². The molecule has 0 heterocycles. The number of halogens is 1. The molecule has 0 fully saturated rings. The first kappa shape index (κ1) is 16.1. The molecule has 0 aliphatic rings. The molecular weight excluding hydrogens is 278 g/mol. The maximum absolute atomic E-state index is 6.53. The van der Waals surface area contributed by atoms with Crippen LogP contribution < -0.4 is 5.32 Å². The summed E-state index contributed by atoms with van der Waals surface area (Å²) in [6, 6.07) is 15.2. The molecule has 2 aromatic carbocycles. The van der Waals surface area contributed by atoms with Gasteiger partial charge in [0.05, 0.1) is 6.04 Å². The lowest BCUT2D eigenvalue weighted by atomic mass is 9.95. The highest BCUT2D eigenvalue weighted by Crippen LogP contribution is 2.31. The van der Waals surface area contributed by atoms with E-state index in [9.17, 15) is 0 Å². The Morgan fingerprint density at radius 3 is 2.57 bits per heavy atom. The first-order chi connectivity index (χ1) is 10.2. The quantitative estimate of drug-likeness (QED) is 0.763. The highest BCUT2D eigenvalue weighted by molar-refractivity contribution is 6.32. The van der Waals surface area contributed by atoms with Gasteiger partial charge in [-0.1, -0.05) is 74.3 Å². The van der Waals surface area contributed by atoms with Gasteiger partial charge in [0, 0.05) is 5.02 Å². The Morgan fingerprint density at radius 2 is 1.86 bits per heavy atom. The van der Waals surface area contributed by atoms with E-state index in [1.807, 2.05) is 0 Å². The van der Waals surface area contributed by atoms with Crippen molar-refractivity contribution in [2.24, 2.45) is 0 Å². The largest absolute Gasteiger partial charge is 0.306 e. The Morgan fingerprint density at radius 1 is 1.10 bits per heavy atom. The van der Waals surface area contributed by atoms with Crippen LogP contribution in [0, 0.1) is 6.92 Å². The van der Waals surface area contributed by atoms with E-state index in [1.54, 1.807) is 0 Å². The van der Waals surface area contributed by atoms with Gasteiger partial charge in [-0.3, -0.25) is 0 Å². The van der Waals surface area contributed by atoms with Crippen molar-refractivity contribution in [3.63, 3.8) is 0 Å². The standard InChI is InChI=1S/C19H24ClN/c1-4-8-15-10-7-11-16(13-15)19(21-5-2)17-12-6-9-14(3)18(17)20/h6-7,9-13,19,21H,4-5,8H2,1-3H3. The number of hydrogen-bond acceptors (Lipinski definition) is 1. The summed E-state index contributed by atoms with van der Waals surface area (Å²) in [6.07, 6.45) is 2.29. The third-order valence-electron chi connectivity index (χ3n) is 3.76. The van der Waals surface area contributed by atoms with Crippen molar-refractivity contribution in [1.29, 1.82) is 0 Å². The molecule has 1 nitrogen and oxygen atoms in total. The Hall–Kier alpha value is -1.31. The number of hydrogen-bond donors (Lipinski definition) is 1. The Bertz CT molecular complexity index is 592. The van der Waals surface area contributed by atoms with Gasteiger partial charge in [-0.2, -0.15) is 0 Å². The summed E-state index contributed by atoms with van der Waals surface area (Å²) < 4.78 is 0. The molecule has 0 amide bonds. The van der Waals surface area contributed by atoms with Gasteiger partial charge < -0.3 is 5.32 Å². The van der Waals surface area contributed by atoms with Crippen molar-refractivity contribution in [3.8, 4) is 0 Å². The van der Waals surface area contributed by atoms with E-state index < -0.39 is 0 Å². The van der Waals surface area contributed by atoms with Gasteiger partial charge in [0.15, 0.2) is 0 Å². The average Bonchev–Trinajstić information content (AvgIpc) is 2.49. The zero-order valence-corrected chi connectivity index (χ0v) is 13.9. The topological polar surface area (TPSA) is 12.0 Å². The van der Waals surface area contributed by atoms with Gasteiger partial charge in [0.1, 0.15) is 0 Å². The molecule has 2 rings (SSSR count). The lowest BCUT2D eigenvalue weighted by molar-refractivity contribution is 0.629. The number of nitrogens with one attached hydrogen (secondary N) is 1. The predicted octanol–water partition coefficient (Wildman–Crippen LogP) is 5.30. The van der Waals surface area contributed by atoms with Crippen molar-refractivity contribution in [2.75, 3.05) is 6.54 Å². The Balaban J connectivity index is 2.43. The van der Waals surface area contributed by atoms with Crippen LogP contribution >= 0.6 is 11.6 Å². The Labute approximate surface area is 133 Å². The molecule has 112 valence electrons. The van der Waals surface area contributed by atoms with Crippen LogP contribution in [-0.4, -0.2) is 6.54 Å². The fourth-order valence-electron chi connectivity index (χ4n) is 2.72. The summed E-state index contributed by atoms with van der Waals surface area (Å²) in [4.78, 5) is 0. The van der Waals surface area contributed by atoms with Crippen LogP contribution in [0.25, 0.3) is 0 Å². The van der Waals surface area contributed by atoms with E-state index in [1.165, 1.54) is 17.5 Å². The SMILES string of the molecule is CCCc1cccc(C(NCC)c2cccc(C)c2Cl)c1. The van der Waals surface area contributed by atoms with E-state index in [-0.39, 0.29) is 6.04 Å². The normalized spacial score (nSPS) is 12.4. The second-order valence-electron chi connectivity index (χ2n) is 5.46. The van der Waals surface area contributed by atoms with Crippen LogP contribution in [-0.2, 0) is 6.42 Å². The number of benzene rings is 2. The summed E-state index contributed by atoms with van der Waals surface area (Å²) in [5.41, 5.74) is 4.96. The van der Waals surface area contributed by atoms with Crippen molar-refractivity contribution in [1.82, 2.24) is 5.32 Å². The fourth-order valence-corrected chi connectivity index (χ4v) is 2.96. The maximum atomic E-state index is 6.53. The van der Waals surface area contributed by atoms with E-state index in [2.05, 4.69) is 68.6 Å². The van der Waals surface area contributed by atoms with Crippen LogP contribution in [0.4, 0.5) is 0 Å². The molecule has 1 N–H and O–H groups in total. The second kappa shape index (κ2) is 7.63. The van der Waals surface area contributed by atoms with Crippen LogP contribution in [0.15, 0.2) is 42.5 Å². The number of aryl methyl sites for hydroxylation is 2. The lowest BCUT2D eigenvalue weighted by Crippen LogP contribution is -2.22.